The Morgan fingerprint density at radius 1 is 1.36 bits per heavy atom. The monoisotopic (exact) mass is 340 g/mol. The summed E-state index contributed by atoms with van der Waals surface area (Å²) in [6, 6.07) is 3.54. The van der Waals surface area contributed by atoms with Gasteiger partial charge in [0.1, 0.15) is 5.82 Å². The van der Waals surface area contributed by atoms with E-state index in [1.165, 1.54) is 5.57 Å². The number of halogens is 1. The van der Waals surface area contributed by atoms with E-state index < -0.39 is 0 Å². The summed E-state index contributed by atoms with van der Waals surface area (Å²) in [6.07, 6.45) is 7.17. The summed E-state index contributed by atoms with van der Waals surface area (Å²) in [7, 11) is 3.76. The second-order valence-electron chi connectivity index (χ2n) is 6.74. The number of benzene rings is 1. The Labute approximate surface area is 148 Å². The first-order valence-electron chi connectivity index (χ1n) is 8.56. The van der Waals surface area contributed by atoms with Crippen LogP contribution < -0.4 is 5.43 Å². The highest BCUT2D eigenvalue weighted by Crippen LogP contribution is 2.28. The molecule has 1 heterocycles. The van der Waals surface area contributed by atoms with E-state index >= 15 is 0 Å². The van der Waals surface area contributed by atoms with E-state index in [2.05, 4.69) is 36.4 Å². The number of hydrazine groups is 1. The van der Waals surface area contributed by atoms with E-state index in [0.29, 0.717) is 11.4 Å². The van der Waals surface area contributed by atoms with Gasteiger partial charge in [-0.1, -0.05) is 18.6 Å². The molecule has 0 amide bonds. The Morgan fingerprint density at radius 2 is 2.12 bits per heavy atom. The minimum atomic E-state index is -0.239. The molecule has 1 unspecified atom stereocenters. The first-order valence-corrected chi connectivity index (χ1v) is 8.56. The van der Waals surface area contributed by atoms with Crippen molar-refractivity contribution in [1.29, 1.82) is 0 Å². The van der Waals surface area contributed by atoms with E-state index in [-0.39, 0.29) is 5.82 Å². The lowest BCUT2D eigenvalue weighted by Gasteiger charge is -2.23. The Balaban J connectivity index is 2.18. The quantitative estimate of drug-likeness (QED) is 0.497. The van der Waals surface area contributed by atoms with Crippen molar-refractivity contribution in [2.45, 2.75) is 27.2 Å². The molecule has 25 heavy (non-hydrogen) atoms. The molecule has 1 aromatic heterocycles. The summed E-state index contributed by atoms with van der Waals surface area (Å²) in [6.45, 7) is 6.17. The third-order valence-electron chi connectivity index (χ3n) is 4.69. The van der Waals surface area contributed by atoms with Gasteiger partial charge in [-0.25, -0.2) is 14.8 Å². The van der Waals surface area contributed by atoms with Crippen molar-refractivity contribution in [2.24, 2.45) is 10.9 Å². The molecule has 4 nitrogen and oxygen atoms in total. The SMILES string of the molecule is CNN(C)C(=NC1=CC(C)=CCC1C)c1c[nH]c2c(F)cc(C)cc12. The van der Waals surface area contributed by atoms with Crippen LogP contribution >= 0.6 is 0 Å². The van der Waals surface area contributed by atoms with Crippen molar-refractivity contribution >= 4 is 16.7 Å². The summed E-state index contributed by atoms with van der Waals surface area (Å²) in [5.74, 6) is 0.885. The van der Waals surface area contributed by atoms with Gasteiger partial charge in [0, 0.05) is 42.9 Å². The second kappa shape index (κ2) is 6.84. The highest BCUT2D eigenvalue weighted by atomic mass is 19.1. The molecule has 2 aromatic rings. The molecule has 2 N–H and O–H groups in total. The van der Waals surface area contributed by atoms with Crippen LogP contribution in [0.1, 0.15) is 31.4 Å². The fraction of sp³-hybridized carbons (Fsp3) is 0.350. The van der Waals surface area contributed by atoms with Gasteiger partial charge in [0.2, 0.25) is 0 Å². The molecule has 0 spiro atoms. The molecule has 3 rings (SSSR count). The number of H-pyrrole nitrogens is 1. The largest absolute Gasteiger partial charge is 0.358 e. The van der Waals surface area contributed by atoms with Crippen molar-refractivity contribution in [3.05, 3.63) is 58.7 Å². The molecule has 1 aromatic carbocycles. The number of aliphatic imine (C=N–C) groups is 1. The number of rotatable bonds is 3. The Bertz CT molecular complexity index is 888. The van der Waals surface area contributed by atoms with Crippen molar-refractivity contribution < 1.29 is 4.39 Å². The molecule has 0 bridgehead atoms. The lowest BCUT2D eigenvalue weighted by atomic mass is 9.95. The number of aromatic amines is 1. The number of hydrogen-bond acceptors (Lipinski definition) is 2. The third-order valence-corrected chi connectivity index (χ3v) is 4.69. The highest BCUT2D eigenvalue weighted by Gasteiger charge is 2.19. The summed E-state index contributed by atoms with van der Waals surface area (Å²) < 4.78 is 14.3. The number of fused-ring (bicyclic) bond motifs is 1. The number of aryl methyl sites for hydroxylation is 1. The summed E-state index contributed by atoms with van der Waals surface area (Å²) in [5.41, 5.74) is 7.67. The van der Waals surface area contributed by atoms with E-state index in [4.69, 9.17) is 4.99 Å². The maximum absolute atomic E-state index is 14.3. The maximum Gasteiger partial charge on any atom is 0.152 e. The number of allylic oxidation sites excluding steroid dienone is 4. The van der Waals surface area contributed by atoms with Crippen LogP contribution in [0.25, 0.3) is 10.9 Å². The fourth-order valence-corrected chi connectivity index (χ4v) is 3.11. The average molecular weight is 340 g/mol. The van der Waals surface area contributed by atoms with Gasteiger partial charge < -0.3 is 4.98 Å². The van der Waals surface area contributed by atoms with Gasteiger partial charge in [0.05, 0.1) is 5.52 Å². The normalized spacial score (nSPS) is 18.3. The minimum Gasteiger partial charge on any atom is -0.358 e. The topological polar surface area (TPSA) is 43.4 Å². The molecule has 1 aliphatic rings. The summed E-state index contributed by atoms with van der Waals surface area (Å²) in [5, 5.41) is 2.71. The van der Waals surface area contributed by atoms with Crippen molar-refractivity contribution in [3.63, 3.8) is 0 Å². The Hall–Kier alpha value is -2.40. The van der Waals surface area contributed by atoms with E-state index in [1.54, 1.807) is 6.07 Å². The molecule has 5 heteroatoms. The number of nitrogens with one attached hydrogen (secondary N) is 2. The Kier molecular flexibility index (Phi) is 4.77. The number of aromatic nitrogens is 1. The number of nitrogens with zero attached hydrogens (tertiary/aromatic N) is 2. The zero-order valence-corrected chi connectivity index (χ0v) is 15.4. The van der Waals surface area contributed by atoms with Crippen LogP contribution in [0.3, 0.4) is 0 Å². The summed E-state index contributed by atoms with van der Waals surface area (Å²) >= 11 is 0. The van der Waals surface area contributed by atoms with Crippen molar-refractivity contribution in [3.8, 4) is 0 Å². The van der Waals surface area contributed by atoms with Gasteiger partial charge in [-0.15, -0.1) is 0 Å². The molecule has 0 aliphatic heterocycles. The fourth-order valence-electron chi connectivity index (χ4n) is 3.11. The first-order chi connectivity index (χ1) is 11.9. The van der Waals surface area contributed by atoms with Crippen LogP contribution in [-0.4, -0.2) is 29.9 Å². The maximum atomic E-state index is 14.3. The van der Waals surface area contributed by atoms with Crippen LogP contribution in [-0.2, 0) is 0 Å². The highest BCUT2D eigenvalue weighted by molar-refractivity contribution is 6.09. The van der Waals surface area contributed by atoms with Gasteiger partial charge in [-0.3, -0.25) is 5.01 Å². The minimum absolute atomic E-state index is 0.239. The second-order valence-corrected chi connectivity index (χ2v) is 6.74. The van der Waals surface area contributed by atoms with Crippen LogP contribution in [0, 0.1) is 18.7 Å². The predicted octanol–water partition coefficient (Wildman–Crippen LogP) is 4.30. The summed E-state index contributed by atoms with van der Waals surface area (Å²) in [4.78, 5) is 8.01. The standard InChI is InChI=1S/C20H25FN4/c1-12-6-7-14(3)18(10-12)24-20(25(5)22-4)16-11-23-19-15(16)8-13(2)9-17(19)21/h6,8-11,14,22-23H,7H2,1-5H3. The number of hydrogen-bond donors (Lipinski definition) is 2. The van der Waals surface area contributed by atoms with Crippen LogP contribution in [0.15, 0.2) is 46.7 Å². The van der Waals surface area contributed by atoms with Gasteiger partial charge in [0.15, 0.2) is 5.84 Å². The zero-order valence-electron chi connectivity index (χ0n) is 15.4. The van der Waals surface area contributed by atoms with Gasteiger partial charge in [-0.05, 0) is 44.0 Å². The van der Waals surface area contributed by atoms with Gasteiger partial charge >= 0.3 is 0 Å². The third kappa shape index (κ3) is 3.37. The van der Waals surface area contributed by atoms with Crippen LogP contribution in [0.4, 0.5) is 4.39 Å². The molecular formula is C20H25FN4. The van der Waals surface area contributed by atoms with Gasteiger partial charge in [0.25, 0.3) is 0 Å². The molecule has 0 saturated carbocycles. The number of amidine groups is 1. The van der Waals surface area contributed by atoms with Gasteiger partial charge in [-0.2, -0.15) is 0 Å². The lowest BCUT2D eigenvalue weighted by Crippen LogP contribution is -2.37. The molecule has 0 fully saturated rings. The molecule has 1 aliphatic carbocycles. The molecule has 0 radical (unpaired) electrons. The van der Waals surface area contributed by atoms with E-state index in [1.807, 2.05) is 38.3 Å². The molecule has 1 atom stereocenters. The van der Waals surface area contributed by atoms with E-state index in [9.17, 15) is 4.39 Å². The zero-order chi connectivity index (χ0) is 18.1. The van der Waals surface area contributed by atoms with Crippen molar-refractivity contribution in [1.82, 2.24) is 15.4 Å². The molecule has 132 valence electrons. The average Bonchev–Trinajstić information content (AvgIpc) is 2.98. The van der Waals surface area contributed by atoms with E-state index in [0.717, 1.165) is 34.5 Å². The molecular weight excluding hydrogens is 315 g/mol. The van der Waals surface area contributed by atoms with Crippen LogP contribution in [0.2, 0.25) is 0 Å². The Morgan fingerprint density at radius 3 is 2.84 bits per heavy atom. The first kappa shape index (κ1) is 17.4. The predicted molar refractivity (Wildman–Crippen MR) is 102 cm³/mol. The smallest absolute Gasteiger partial charge is 0.152 e. The van der Waals surface area contributed by atoms with Crippen molar-refractivity contribution in [2.75, 3.05) is 14.1 Å². The molecule has 0 saturated heterocycles. The lowest BCUT2D eigenvalue weighted by molar-refractivity contribution is 0.409. The van der Waals surface area contributed by atoms with Crippen LogP contribution in [0.5, 0.6) is 0 Å².